The lowest BCUT2D eigenvalue weighted by Crippen LogP contribution is -2.36. The largest absolute Gasteiger partial charge is 0.380 e. The zero-order valence-corrected chi connectivity index (χ0v) is 10.7. The van der Waals surface area contributed by atoms with Gasteiger partial charge in [0.05, 0.1) is 6.61 Å². The summed E-state index contributed by atoms with van der Waals surface area (Å²) in [6.07, 6.45) is 4.07. The summed E-state index contributed by atoms with van der Waals surface area (Å²) in [6, 6.07) is 1.38. The minimum atomic E-state index is 0.687. The predicted molar refractivity (Wildman–Crippen MR) is 66.7 cm³/mol. The molecule has 1 aliphatic carbocycles. The van der Waals surface area contributed by atoms with Crippen molar-refractivity contribution in [2.75, 3.05) is 32.8 Å². The predicted octanol–water partition coefficient (Wildman–Crippen LogP) is 1.49. The van der Waals surface area contributed by atoms with E-state index in [1.807, 2.05) is 0 Å². The Bertz CT molecular complexity index is 204. The summed E-state index contributed by atoms with van der Waals surface area (Å²) in [5.74, 6) is 0.892. The van der Waals surface area contributed by atoms with Gasteiger partial charge in [0.2, 0.25) is 0 Å². The molecule has 0 aromatic carbocycles. The topological polar surface area (TPSA) is 24.5 Å². The molecular weight excluding hydrogens is 200 g/mol. The Morgan fingerprint density at radius 3 is 2.75 bits per heavy atom. The van der Waals surface area contributed by atoms with Gasteiger partial charge in [-0.1, -0.05) is 0 Å². The third-order valence-electron chi connectivity index (χ3n) is 3.68. The number of rotatable bonds is 7. The minimum absolute atomic E-state index is 0.687. The second-order valence-corrected chi connectivity index (χ2v) is 5.55. The second-order valence-electron chi connectivity index (χ2n) is 5.55. The van der Waals surface area contributed by atoms with Crippen molar-refractivity contribution in [3.05, 3.63) is 0 Å². The smallest absolute Gasteiger partial charge is 0.0591 e. The van der Waals surface area contributed by atoms with Gasteiger partial charge in [-0.25, -0.2) is 0 Å². The van der Waals surface area contributed by atoms with Crippen molar-refractivity contribution in [3.63, 3.8) is 0 Å². The molecule has 2 rings (SSSR count). The molecule has 0 aromatic heterocycles. The summed E-state index contributed by atoms with van der Waals surface area (Å²) >= 11 is 0. The van der Waals surface area contributed by atoms with Crippen molar-refractivity contribution in [2.45, 2.75) is 45.2 Å². The highest BCUT2D eigenvalue weighted by Gasteiger charge is 2.23. The summed E-state index contributed by atoms with van der Waals surface area (Å²) in [5, 5.41) is 3.59. The van der Waals surface area contributed by atoms with E-state index >= 15 is 0 Å². The lowest BCUT2D eigenvalue weighted by atomic mass is 10.2. The first-order valence-electron chi connectivity index (χ1n) is 6.81. The summed E-state index contributed by atoms with van der Waals surface area (Å²) < 4.78 is 5.62. The van der Waals surface area contributed by atoms with Crippen LogP contribution in [0.3, 0.4) is 0 Å². The third kappa shape index (κ3) is 4.04. The van der Waals surface area contributed by atoms with Gasteiger partial charge in [0.1, 0.15) is 0 Å². The zero-order valence-electron chi connectivity index (χ0n) is 10.7. The van der Waals surface area contributed by atoms with E-state index in [-0.39, 0.29) is 0 Å². The maximum Gasteiger partial charge on any atom is 0.0591 e. The highest BCUT2D eigenvalue weighted by atomic mass is 16.5. The molecule has 3 heteroatoms. The summed E-state index contributed by atoms with van der Waals surface area (Å²) in [4.78, 5) is 2.54. The molecular formula is C13H26N2O. The molecule has 0 radical (unpaired) electrons. The highest BCUT2D eigenvalue weighted by molar-refractivity contribution is 4.82. The first-order chi connectivity index (χ1) is 7.75. The van der Waals surface area contributed by atoms with Gasteiger partial charge in [0.15, 0.2) is 0 Å². The Balaban J connectivity index is 1.47. The SMILES string of the molecule is CC(C)N1CCC(NCCOCC2CC2)C1. The van der Waals surface area contributed by atoms with Crippen LogP contribution < -0.4 is 5.32 Å². The Hall–Kier alpha value is -0.120. The Morgan fingerprint density at radius 1 is 1.31 bits per heavy atom. The highest BCUT2D eigenvalue weighted by Crippen LogP contribution is 2.28. The molecule has 3 nitrogen and oxygen atoms in total. The molecule has 2 aliphatic rings. The van der Waals surface area contributed by atoms with Crippen LogP contribution >= 0.6 is 0 Å². The van der Waals surface area contributed by atoms with Gasteiger partial charge in [0, 0.05) is 31.8 Å². The van der Waals surface area contributed by atoms with Gasteiger partial charge in [-0.2, -0.15) is 0 Å². The molecule has 1 N–H and O–H groups in total. The summed E-state index contributed by atoms with van der Waals surface area (Å²) in [5.41, 5.74) is 0. The van der Waals surface area contributed by atoms with Gasteiger partial charge in [-0.05, 0) is 45.6 Å². The molecule has 1 unspecified atom stereocenters. The molecule has 1 saturated heterocycles. The number of nitrogens with one attached hydrogen (secondary N) is 1. The number of hydrogen-bond acceptors (Lipinski definition) is 3. The fraction of sp³-hybridized carbons (Fsp3) is 1.00. The fourth-order valence-corrected chi connectivity index (χ4v) is 2.29. The van der Waals surface area contributed by atoms with E-state index in [9.17, 15) is 0 Å². The average Bonchev–Trinajstić information content (AvgIpc) is 2.94. The molecule has 1 aliphatic heterocycles. The first-order valence-corrected chi connectivity index (χ1v) is 6.81. The van der Waals surface area contributed by atoms with Gasteiger partial charge < -0.3 is 10.1 Å². The van der Waals surface area contributed by atoms with Crippen molar-refractivity contribution in [3.8, 4) is 0 Å². The van der Waals surface area contributed by atoms with Crippen LogP contribution in [0, 0.1) is 5.92 Å². The second kappa shape index (κ2) is 5.99. The molecule has 0 aromatic rings. The third-order valence-corrected chi connectivity index (χ3v) is 3.68. The van der Waals surface area contributed by atoms with Gasteiger partial charge in [0.25, 0.3) is 0 Å². The van der Waals surface area contributed by atoms with Crippen LogP contribution in [0.25, 0.3) is 0 Å². The lowest BCUT2D eigenvalue weighted by Gasteiger charge is -2.20. The van der Waals surface area contributed by atoms with E-state index in [0.29, 0.717) is 12.1 Å². The molecule has 1 saturated carbocycles. The maximum absolute atomic E-state index is 5.62. The van der Waals surface area contributed by atoms with Crippen molar-refractivity contribution in [2.24, 2.45) is 5.92 Å². The summed E-state index contributed by atoms with van der Waals surface area (Å²) in [6.45, 7) is 9.91. The van der Waals surface area contributed by atoms with E-state index in [1.165, 1.54) is 32.4 Å². The van der Waals surface area contributed by atoms with Crippen LogP contribution in [0.5, 0.6) is 0 Å². The van der Waals surface area contributed by atoms with Gasteiger partial charge in [-0.15, -0.1) is 0 Å². The van der Waals surface area contributed by atoms with Crippen LogP contribution in [0.15, 0.2) is 0 Å². The number of nitrogens with zero attached hydrogens (tertiary/aromatic N) is 1. The standard InChI is InChI=1S/C13H26N2O/c1-11(2)15-7-5-13(9-15)14-6-8-16-10-12-3-4-12/h11-14H,3-10H2,1-2H3. The lowest BCUT2D eigenvalue weighted by molar-refractivity contribution is 0.124. The van der Waals surface area contributed by atoms with Crippen molar-refractivity contribution < 1.29 is 4.74 Å². The Morgan fingerprint density at radius 2 is 2.12 bits per heavy atom. The van der Waals surface area contributed by atoms with E-state index in [0.717, 1.165) is 25.7 Å². The Kier molecular flexibility index (Phi) is 4.62. The van der Waals surface area contributed by atoms with E-state index in [4.69, 9.17) is 4.74 Å². The molecule has 16 heavy (non-hydrogen) atoms. The molecule has 1 heterocycles. The minimum Gasteiger partial charge on any atom is -0.380 e. The number of hydrogen-bond donors (Lipinski definition) is 1. The zero-order chi connectivity index (χ0) is 11.4. The van der Waals surface area contributed by atoms with Crippen LogP contribution in [0.2, 0.25) is 0 Å². The van der Waals surface area contributed by atoms with Crippen LogP contribution in [-0.4, -0.2) is 49.8 Å². The number of likely N-dealkylation sites (tertiary alicyclic amines) is 1. The monoisotopic (exact) mass is 226 g/mol. The molecule has 0 amide bonds. The van der Waals surface area contributed by atoms with Crippen molar-refractivity contribution >= 4 is 0 Å². The Labute approximate surface area is 99.5 Å². The van der Waals surface area contributed by atoms with Crippen molar-refractivity contribution in [1.82, 2.24) is 10.2 Å². The van der Waals surface area contributed by atoms with Gasteiger partial charge >= 0.3 is 0 Å². The first kappa shape index (κ1) is 12.3. The molecule has 94 valence electrons. The van der Waals surface area contributed by atoms with E-state index < -0.39 is 0 Å². The summed E-state index contributed by atoms with van der Waals surface area (Å²) in [7, 11) is 0. The number of ether oxygens (including phenoxy) is 1. The molecule has 2 fully saturated rings. The van der Waals surface area contributed by atoms with E-state index in [1.54, 1.807) is 0 Å². The van der Waals surface area contributed by atoms with Crippen LogP contribution in [0.1, 0.15) is 33.1 Å². The van der Waals surface area contributed by atoms with E-state index in [2.05, 4.69) is 24.1 Å². The quantitative estimate of drug-likeness (QED) is 0.666. The van der Waals surface area contributed by atoms with Crippen molar-refractivity contribution in [1.29, 1.82) is 0 Å². The normalized spacial score (nSPS) is 26.8. The van der Waals surface area contributed by atoms with Gasteiger partial charge in [-0.3, -0.25) is 4.90 Å². The van der Waals surface area contributed by atoms with Crippen LogP contribution in [-0.2, 0) is 4.74 Å². The molecule has 1 atom stereocenters. The molecule has 0 bridgehead atoms. The van der Waals surface area contributed by atoms with Crippen LogP contribution in [0.4, 0.5) is 0 Å². The molecule has 0 spiro atoms. The fourth-order valence-electron chi connectivity index (χ4n) is 2.29. The maximum atomic E-state index is 5.62. The average molecular weight is 226 g/mol.